The van der Waals surface area contributed by atoms with Crippen molar-refractivity contribution in [2.75, 3.05) is 4.72 Å². The molecule has 0 atom stereocenters. The second-order valence-corrected chi connectivity index (χ2v) is 8.93. The van der Waals surface area contributed by atoms with Gasteiger partial charge in [0.2, 0.25) is 0 Å². The van der Waals surface area contributed by atoms with Crippen LogP contribution in [0.1, 0.15) is 5.82 Å². The fourth-order valence-corrected chi connectivity index (χ4v) is 4.58. The SMILES string of the molecule is Cc1nc2ccccc2c(=O)n1-c1ccc(Cl)c(NS(=O)(=O)c2cccc([N+](=O)[O-])c2)c1. The number of halogens is 1. The Morgan fingerprint density at radius 1 is 1.06 bits per heavy atom. The summed E-state index contributed by atoms with van der Waals surface area (Å²) in [6, 6.07) is 16.0. The van der Waals surface area contributed by atoms with Gasteiger partial charge in [0.15, 0.2) is 0 Å². The molecule has 0 spiro atoms. The Hall–Kier alpha value is -3.76. The zero-order valence-corrected chi connectivity index (χ0v) is 18.1. The minimum atomic E-state index is -4.19. The topological polar surface area (TPSA) is 124 Å². The highest BCUT2D eigenvalue weighted by Gasteiger charge is 2.20. The monoisotopic (exact) mass is 470 g/mol. The van der Waals surface area contributed by atoms with Crippen LogP contribution in [0.3, 0.4) is 0 Å². The first-order chi connectivity index (χ1) is 15.2. The number of hydrogen-bond acceptors (Lipinski definition) is 6. The first-order valence-corrected chi connectivity index (χ1v) is 11.1. The van der Waals surface area contributed by atoms with Crippen molar-refractivity contribution in [1.29, 1.82) is 0 Å². The quantitative estimate of drug-likeness (QED) is 0.346. The Morgan fingerprint density at radius 3 is 2.56 bits per heavy atom. The van der Waals surface area contributed by atoms with Gasteiger partial charge >= 0.3 is 0 Å². The lowest BCUT2D eigenvalue weighted by molar-refractivity contribution is -0.385. The van der Waals surface area contributed by atoms with Gasteiger partial charge in [-0.1, -0.05) is 29.8 Å². The molecule has 1 N–H and O–H groups in total. The van der Waals surface area contributed by atoms with Gasteiger partial charge in [-0.3, -0.25) is 24.2 Å². The van der Waals surface area contributed by atoms with Crippen molar-refractivity contribution in [3.05, 3.63) is 98.0 Å². The van der Waals surface area contributed by atoms with Crippen molar-refractivity contribution >= 4 is 43.9 Å². The number of fused-ring (bicyclic) bond motifs is 1. The average molecular weight is 471 g/mol. The molecule has 0 aliphatic carbocycles. The second kappa shape index (κ2) is 8.06. The molecule has 4 aromatic rings. The standard InChI is InChI=1S/C21H15ClN4O5S/c1-13-23-19-8-3-2-7-17(19)21(27)25(13)14-9-10-18(22)20(12-14)24-32(30,31)16-6-4-5-15(11-16)26(28)29/h2-12,24H,1H3. The minimum absolute atomic E-state index is 0.00938. The van der Waals surface area contributed by atoms with E-state index in [-0.39, 0.29) is 26.9 Å². The molecule has 3 aromatic carbocycles. The van der Waals surface area contributed by atoms with Crippen LogP contribution in [0.4, 0.5) is 11.4 Å². The number of nitro benzene ring substituents is 1. The largest absolute Gasteiger partial charge is 0.278 e. The number of anilines is 1. The molecule has 32 heavy (non-hydrogen) atoms. The van der Waals surface area contributed by atoms with Crippen molar-refractivity contribution < 1.29 is 13.3 Å². The molecule has 0 saturated heterocycles. The van der Waals surface area contributed by atoms with Gasteiger partial charge in [-0.2, -0.15) is 0 Å². The third-order valence-electron chi connectivity index (χ3n) is 4.73. The molecule has 0 radical (unpaired) electrons. The van der Waals surface area contributed by atoms with E-state index in [0.717, 1.165) is 6.07 Å². The van der Waals surface area contributed by atoms with Gasteiger partial charge < -0.3 is 0 Å². The van der Waals surface area contributed by atoms with Crippen LogP contribution in [0.15, 0.2) is 76.4 Å². The average Bonchev–Trinajstić information content (AvgIpc) is 2.76. The van der Waals surface area contributed by atoms with Gasteiger partial charge in [-0.05, 0) is 43.3 Å². The maximum atomic E-state index is 13.0. The minimum Gasteiger partial charge on any atom is -0.278 e. The van der Waals surface area contributed by atoms with Gasteiger partial charge in [0.05, 0.1) is 37.1 Å². The predicted octanol–water partition coefficient (Wildman–Crippen LogP) is 4.06. The van der Waals surface area contributed by atoms with E-state index in [4.69, 9.17) is 11.6 Å². The fraction of sp³-hybridized carbons (Fsp3) is 0.0476. The number of nitrogens with one attached hydrogen (secondary N) is 1. The molecule has 9 nitrogen and oxygen atoms in total. The summed E-state index contributed by atoms with van der Waals surface area (Å²) >= 11 is 6.20. The molecule has 11 heteroatoms. The van der Waals surface area contributed by atoms with E-state index in [1.54, 1.807) is 37.3 Å². The summed E-state index contributed by atoms with van der Waals surface area (Å²) in [4.78, 5) is 27.5. The van der Waals surface area contributed by atoms with Crippen LogP contribution < -0.4 is 10.3 Å². The number of nitrogens with zero attached hydrogens (tertiary/aromatic N) is 3. The maximum absolute atomic E-state index is 13.0. The number of aromatic nitrogens is 2. The summed E-state index contributed by atoms with van der Waals surface area (Å²) in [6.45, 7) is 1.66. The summed E-state index contributed by atoms with van der Waals surface area (Å²) in [5.41, 5.74) is 0.230. The first-order valence-electron chi connectivity index (χ1n) is 9.23. The first kappa shape index (κ1) is 21.5. The molecule has 162 valence electrons. The number of benzene rings is 3. The molecule has 0 aliphatic rings. The predicted molar refractivity (Wildman–Crippen MR) is 121 cm³/mol. The van der Waals surface area contributed by atoms with Crippen LogP contribution in [0.2, 0.25) is 5.02 Å². The van der Waals surface area contributed by atoms with Gasteiger partial charge in [0, 0.05) is 12.1 Å². The van der Waals surface area contributed by atoms with E-state index < -0.39 is 14.9 Å². The molecule has 0 unspecified atom stereocenters. The molecule has 1 aromatic heterocycles. The van der Waals surface area contributed by atoms with Crippen LogP contribution in [0.5, 0.6) is 0 Å². The Bertz CT molecular complexity index is 1550. The van der Waals surface area contributed by atoms with Gasteiger partial charge in [-0.15, -0.1) is 0 Å². The lowest BCUT2D eigenvalue weighted by atomic mass is 10.2. The Morgan fingerprint density at radius 2 is 1.81 bits per heavy atom. The molecular weight excluding hydrogens is 456 g/mol. The zero-order valence-electron chi connectivity index (χ0n) is 16.5. The van der Waals surface area contributed by atoms with Gasteiger partial charge in [0.25, 0.3) is 21.3 Å². The van der Waals surface area contributed by atoms with Crippen LogP contribution in [-0.2, 0) is 10.0 Å². The summed E-state index contributed by atoms with van der Waals surface area (Å²) in [5, 5.41) is 11.5. The Balaban J connectivity index is 1.79. The molecule has 0 bridgehead atoms. The number of rotatable bonds is 5. The summed E-state index contributed by atoms with van der Waals surface area (Å²) < 4.78 is 29.3. The van der Waals surface area contributed by atoms with Crippen molar-refractivity contribution in [3.63, 3.8) is 0 Å². The fourth-order valence-electron chi connectivity index (χ4n) is 3.25. The van der Waals surface area contributed by atoms with Crippen molar-refractivity contribution in [3.8, 4) is 5.69 Å². The van der Waals surface area contributed by atoms with E-state index >= 15 is 0 Å². The van der Waals surface area contributed by atoms with Crippen LogP contribution in [-0.4, -0.2) is 22.9 Å². The second-order valence-electron chi connectivity index (χ2n) is 6.84. The zero-order chi connectivity index (χ0) is 23.0. The lowest BCUT2D eigenvalue weighted by Gasteiger charge is -2.14. The highest BCUT2D eigenvalue weighted by atomic mass is 35.5. The molecule has 1 heterocycles. The molecular formula is C21H15ClN4O5S. The van der Waals surface area contributed by atoms with E-state index in [0.29, 0.717) is 22.4 Å². The number of para-hydroxylation sites is 1. The number of sulfonamides is 1. The summed E-state index contributed by atoms with van der Waals surface area (Å²) in [6.07, 6.45) is 0. The molecule has 0 aliphatic heterocycles. The van der Waals surface area contributed by atoms with Gasteiger partial charge in [-0.25, -0.2) is 13.4 Å². The van der Waals surface area contributed by atoms with E-state index in [2.05, 4.69) is 9.71 Å². The Labute approximate surface area is 187 Å². The van der Waals surface area contributed by atoms with E-state index in [1.165, 1.54) is 34.9 Å². The number of nitro groups is 1. The third-order valence-corrected chi connectivity index (χ3v) is 6.43. The van der Waals surface area contributed by atoms with Gasteiger partial charge in [0.1, 0.15) is 5.82 Å². The lowest BCUT2D eigenvalue weighted by Crippen LogP contribution is -2.22. The normalized spacial score (nSPS) is 11.4. The molecule has 0 fully saturated rings. The van der Waals surface area contributed by atoms with Crippen LogP contribution >= 0.6 is 11.6 Å². The Kier molecular flexibility index (Phi) is 5.41. The van der Waals surface area contributed by atoms with Crippen molar-refractivity contribution in [2.24, 2.45) is 0 Å². The maximum Gasteiger partial charge on any atom is 0.270 e. The number of aryl methyl sites for hydroxylation is 1. The molecule has 0 saturated carbocycles. The highest BCUT2D eigenvalue weighted by Crippen LogP contribution is 2.28. The molecule has 0 amide bonds. The molecule has 4 rings (SSSR count). The summed E-state index contributed by atoms with van der Waals surface area (Å²) in [7, 11) is -4.19. The van der Waals surface area contributed by atoms with Crippen molar-refractivity contribution in [2.45, 2.75) is 11.8 Å². The van der Waals surface area contributed by atoms with E-state index in [9.17, 15) is 23.3 Å². The van der Waals surface area contributed by atoms with Crippen LogP contribution in [0.25, 0.3) is 16.6 Å². The number of non-ortho nitro benzene ring substituents is 1. The number of hydrogen-bond donors (Lipinski definition) is 1. The summed E-state index contributed by atoms with van der Waals surface area (Å²) in [5.74, 6) is 0.406. The smallest absolute Gasteiger partial charge is 0.270 e. The highest BCUT2D eigenvalue weighted by molar-refractivity contribution is 7.92. The van der Waals surface area contributed by atoms with Crippen molar-refractivity contribution in [1.82, 2.24) is 9.55 Å². The van der Waals surface area contributed by atoms with Crippen LogP contribution in [0, 0.1) is 17.0 Å². The third kappa shape index (κ3) is 3.93. The van der Waals surface area contributed by atoms with E-state index in [1.807, 2.05) is 0 Å².